The second kappa shape index (κ2) is 6.68. The second-order valence-electron chi connectivity index (χ2n) is 6.43. The molecule has 5 rings (SSSR count). The van der Waals surface area contributed by atoms with Crippen LogP contribution in [0.3, 0.4) is 0 Å². The molecule has 2 aromatic carbocycles. The zero-order valence-electron chi connectivity index (χ0n) is 15.0. The zero-order valence-corrected chi connectivity index (χ0v) is 15.0. The maximum absolute atomic E-state index is 13.1. The second-order valence-corrected chi connectivity index (χ2v) is 6.43. The number of carbonyl (C=O) groups is 1. The van der Waals surface area contributed by atoms with Crippen molar-refractivity contribution in [3.63, 3.8) is 0 Å². The summed E-state index contributed by atoms with van der Waals surface area (Å²) in [5.74, 6) is 0.233. The molecule has 1 amide bonds. The van der Waals surface area contributed by atoms with Crippen molar-refractivity contribution in [1.29, 1.82) is 0 Å². The summed E-state index contributed by atoms with van der Waals surface area (Å²) in [6, 6.07) is 19.8. The lowest BCUT2D eigenvalue weighted by Gasteiger charge is -2.08. The molecule has 142 valence electrons. The lowest BCUT2D eigenvalue weighted by Crippen LogP contribution is -2.16. The number of furan rings is 1. The van der Waals surface area contributed by atoms with Crippen LogP contribution in [-0.4, -0.2) is 25.7 Å². The number of nitrogens with zero attached hydrogens (tertiary/aromatic N) is 2. The van der Waals surface area contributed by atoms with Crippen LogP contribution in [0.25, 0.3) is 28.2 Å². The third-order valence-electron chi connectivity index (χ3n) is 4.49. The molecule has 0 aliphatic rings. The van der Waals surface area contributed by atoms with E-state index in [1.54, 1.807) is 47.3 Å². The van der Waals surface area contributed by atoms with Crippen LogP contribution in [0.2, 0.25) is 0 Å². The lowest BCUT2D eigenvalue weighted by atomic mass is 10.2. The van der Waals surface area contributed by atoms with Crippen molar-refractivity contribution in [1.82, 2.24) is 19.7 Å². The van der Waals surface area contributed by atoms with E-state index in [2.05, 4.69) is 20.4 Å². The summed E-state index contributed by atoms with van der Waals surface area (Å²) in [5.41, 5.74) is 3.19. The van der Waals surface area contributed by atoms with Gasteiger partial charge in [0.2, 0.25) is 0 Å². The fourth-order valence-corrected chi connectivity index (χ4v) is 3.16. The van der Waals surface area contributed by atoms with E-state index in [1.807, 2.05) is 30.3 Å². The van der Waals surface area contributed by atoms with E-state index in [-0.39, 0.29) is 11.6 Å². The van der Waals surface area contributed by atoms with Gasteiger partial charge in [0.1, 0.15) is 11.4 Å². The number of hydrogen-bond donors (Lipinski definition) is 3. The van der Waals surface area contributed by atoms with Crippen LogP contribution in [0.15, 0.2) is 82.2 Å². The molecular formula is C21H15N5O3. The van der Waals surface area contributed by atoms with Gasteiger partial charge >= 0.3 is 5.69 Å². The highest BCUT2D eigenvalue weighted by Crippen LogP contribution is 2.23. The normalized spacial score (nSPS) is 11.0. The highest BCUT2D eigenvalue weighted by atomic mass is 16.3. The van der Waals surface area contributed by atoms with Crippen LogP contribution >= 0.6 is 0 Å². The Hall–Kier alpha value is -4.33. The van der Waals surface area contributed by atoms with Crippen LogP contribution < -0.4 is 11.0 Å². The summed E-state index contributed by atoms with van der Waals surface area (Å²) in [4.78, 5) is 29.8. The first kappa shape index (κ1) is 16.8. The molecule has 0 saturated carbocycles. The van der Waals surface area contributed by atoms with Crippen LogP contribution in [0.1, 0.15) is 10.5 Å². The molecule has 8 heteroatoms. The molecule has 0 aliphatic carbocycles. The van der Waals surface area contributed by atoms with Crippen molar-refractivity contribution >= 4 is 22.6 Å². The summed E-state index contributed by atoms with van der Waals surface area (Å²) in [6.45, 7) is 0. The Balaban J connectivity index is 1.54. The molecule has 0 bridgehead atoms. The van der Waals surface area contributed by atoms with Gasteiger partial charge in [-0.2, -0.15) is 5.10 Å². The molecule has 3 N–H and O–H groups in total. The molecule has 0 unspecified atom stereocenters. The van der Waals surface area contributed by atoms with E-state index in [1.165, 1.54) is 0 Å². The Labute approximate surface area is 163 Å². The van der Waals surface area contributed by atoms with E-state index in [0.717, 1.165) is 5.69 Å². The van der Waals surface area contributed by atoms with E-state index >= 15 is 0 Å². The molecule has 0 spiro atoms. The molecule has 0 radical (unpaired) electrons. The summed E-state index contributed by atoms with van der Waals surface area (Å²) < 4.78 is 7.00. The van der Waals surface area contributed by atoms with Crippen LogP contribution in [0.5, 0.6) is 0 Å². The zero-order chi connectivity index (χ0) is 19.8. The van der Waals surface area contributed by atoms with Crippen molar-refractivity contribution in [3.8, 4) is 17.1 Å². The number of nitrogens with one attached hydrogen (secondary N) is 3. The van der Waals surface area contributed by atoms with Gasteiger partial charge in [0.15, 0.2) is 5.76 Å². The summed E-state index contributed by atoms with van der Waals surface area (Å²) >= 11 is 0. The fraction of sp³-hybridized carbons (Fsp3) is 0. The van der Waals surface area contributed by atoms with Gasteiger partial charge in [-0.1, -0.05) is 18.2 Å². The first-order valence-corrected chi connectivity index (χ1v) is 8.90. The highest BCUT2D eigenvalue weighted by molar-refractivity contribution is 6.04. The molecule has 3 heterocycles. The van der Waals surface area contributed by atoms with Crippen molar-refractivity contribution in [2.75, 3.05) is 5.32 Å². The first-order valence-electron chi connectivity index (χ1n) is 8.90. The van der Waals surface area contributed by atoms with E-state index < -0.39 is 0 Å². The van der Waals surface area contributed by atoms with Crippen molar-refractivity contribution in [2.45, 2.75) is 0 Å². The minimum absolute atomic E-state index is 0.297. The van der Waals surface area contributed by atoms with Crippen LogP contribution in [0, 0.1) is 0 Å². The van der Waals surface area contributed by atoms with E-state index in [4.69, 9.17) is 4.42 Å². The molecule has 0 fully saturated rings. The fourth-order valence-electron chi connectivity index (χ4n) is 3.16. The average molecular weight is 385 g/mol. The third-order valence-corrected chi connectivity index (χ3v) is 4.49. The Kier molecular flexibility index (Phi) is 3.87. The van der Waals surface area contributed by atoms with E-state index in [9.17, 15) is 9.59 Å². The highest BCUT2D eigenvalue weighted by Gasteiger charge is 2.19. The number of para-hydroxylation sites is 1. The molecule has 8 nitrogen and oxygen atoms in total. The summed E-state index contributed by atoms with van der Waals surface area (Å²) in [5, 5.41) is 7.41. The number of rotatable bonds is 4. The Morgan fingerprint density at radius 1 is 0.966 bits per heavy atom. The molecule has 29 heavy (non-hydrogen) atoms. The number of hydrogen-bond acceptors (Lipinski definition) is 4. The first-order chi connectivity index (χ1) is 14.2. The largest absolute Gasteiger partial charge is 0.463 e. The topological polar surface area (TPSA) is 109 Å². The Bertz CT molecular complexity index is 1360. The standard InChI is InChI=1S/C21H15N5O3/c27-20(22-13-8-9-15-16(11-13)24-21(28)23-15)18-12-17(19-7-4-10-29-19)25-26(18)14-5-2-1-3-6-14/h1-12H,(H,22,27)(H2,23,24,28). The predicted molar refractivity (Wildman–Crippen MR) is 108 cm³/mol. The molecular weight excluding hydrogens is 370 g/mol. The minimum atomic E-state index is -0.337. The molecule has 0 atom stereocenters. The summed E-state index contributed by atoms with van der Waals surface area (Å²) in [6.07, 6.45) is 1.56. The molecule has 5 aromatic rings. The van der Waals surface area contributed by atoms with Crippen LogP contribution in [0.4, 0.5) is 5.69 Å². The Morgan fingerprint density at radius 3 is 2.59 bits per heavy atom. The maximum Gasteiger partial charge on any atom is 0.323 e. The van der Waals surface area contributed by atoms with E-state index in [0.29, 0.717) is 33.9 Å². The van der Waals surface area contributed by atoms with Crippen molar-refractivity contribution in [3.05, 3.63) is 89.2 Å². The van der Waals surface area contributed by atoms with Crippen molar-refractivity contribution in [2.24, 2.45) is 0 Å². The van der Waals surface area contributed by atoms with Gasteiger partial charge in [-0.3, -0.25) is 4.79 Å². The van der Waals surface area contributed by atoms with Gasteiger partial charge < -0.3 is 19.7 Å². The molecule has 0 aliphatic heterocycles. The van der Waals surface area contributed by atoms with Gasteiger partial charge in [-0.25, -0.2) is 9.48 Å². The van der Waals surface area contributed by atoms with Gasteiger partial charge in [0, 0.05) is 11.8 Å². The van der Waals surface area contributed by atoms with Crippen LogP contribution in [-0.2, 0) is 0 Å². The van der Waals surface area contributed by atoms with Gasteiger partial charge in [0.25, 0.3) is 5.91 Å². The van der Waals surface area contributed by atoms with Gasteiger partial charge in [0.05, 0.1) is 23.0 Å². The number of benzene rings is 2. The summed E-state index contributed by atoms with van der Waals surface area (Å²) in [7, 11) is 0. The van der Waals surface area contributed by atoms with Crippen molar-refractivity contribution < 1.29 is 9.21 Å². The molecule has 3 aromatic heterocycles. The maximum atomic E-state index is 13.1. The molecule has 0 saturated heterocycles. The van der Waals surface area contributed by atoms with Gasteiger partial charge in [-0.15, -0.1) is 0 Å². The quantitative estimate of drug-likeness (QED) is 0.439. The number of H-pyrrole nitrogens is 2. The predicted octanol–water partition coefficient (Wildman–Crippen LogP) is 3.55. The number of anilines is 1. The number of imidazole rings is 1. The average Bonchev–Trinajstić information content (AvgIpc) is 3.46. The lowest BCUT2D eigenvalue weighted by molar-refractivity contribution is 0.101. The number of aromatic nitrogens is 4. The minimum Gasteiger partial charge on any atom is -0.463 e. The third kappa shape index (κ3) is 3.12. The monoisotopic (exact) mass is 385 g/mol. The number of fused-ring (bicyclic) bond motifs is 1. The number of carbonyl (C=O) groups excluding carboxylic acids is 1. The number of aromatic amines is 2. The van der Waals surface area contributed by atoms with Gasteiger partial charge in [-0.05, 0) is 42.5 Å². The Morgan fingerprint density at radius 2 is 1.79 bits per heavy atom. The number of amides is 1. The smallest absolute Gasteiger partial charge is 0.323 e. The SMILES string of the molecule is O=C(Nc1ccc2[nH]c(=O)[nH]c2c1)c1cc(-c2ccco2)nn1-c1ccccc1.